The molecule has 1 heterocycles. The molecule has 2 rings (SSSR count). The van der Waals surface area contributed by atoms with Crippen LogP contribution >= 0.6 is 11.3 Å². The van der Waals surface area contributed by atoms with E-state index in [9.17, 15) is 0 Å². The number of hydrogen-bond donors (Lipinski definition) is 1. The van der Waals surface area contributed by atoms with Crippen molar-refractivity contribution in [1.82, 2.24) is 5.32 Å². The van der Waals surface area contributed by atoms with Crippen LogP contribution in [0.15, 0.2) is 36.4 Å². The van der Waals surface area contributed by atoms with E-state index in [0.717, 1.165) is 6.54 Å². The van der Waals surface area contributed by atoms with Crippen LogP contribution in [0.2, 0.25) is 0 Å². The zero-order valence-corrected chi connectivity index (χ0v) is 11.5. The van der Waals surface area contributed by atoms with Crippen LogP contribution in [0, 0.1) is 13.8 Å². The molecule has 1 aromatic heterocycles. The van der Waals surface area contributed by atoms with Gasteiger partial charge in [-0.2, -0.15) is 0 Å². The SMILES string of the molecule is CCNC(c1ccccc1)c1cc(C)c(C)s1. The maximum Gasteiger partial charge on any atom is 0.0671 e. The van der Waals surface area contributed by atoms with Crippen molar-refractivity contribution in [2.75, 3.05) is 6.54 Å². The molecule has 0 amide bonds. The molecular formula is C15H19NS. The molecule has 0 spiro atoms. The van der Waals surface area contributed by atoms with E-state index in [1.807, 2.05) is 11.3 Å². The molecule has 0 saturated heterocycles. The normalized spacial score (nSPS) is 12.6. The molecule has 17 heavy (non-hydrogen) atoms. The van der Waals surface area contributed by atoms with Crippen molar-refractivity contribution in [3.8, 4) is 0 Å². The van der Waals surface area contributed by atoms with Crippen LogP contribution in [0.4, 0.5) is 0 Å². The van der Waals surface area contributed by atoms with Gasteiger partial charge in [0.1, 0.15) is 0 Å². The van der Waals surface area contributed by atoms with Gasteiger partial charge in [0, 0.05) is 9.75 Å². The number of thiophene rings is 1. The Bertz CT molecular complexity index is 453. The van der Waals surface area contributed by atoms with E-state index in [2.05, 4.69) is 62.5 Å². The Hall–Kier alpha value is -1.12. The second kappa shape index (κ2) is 5.48. The molecule has 90 valence electrons. The molecule has 0 aliphatic rings. The third kappa shape index (κ3) is 2.76. The molecule has 0 aliphatic heterocycles. The van der Waals surface area contributed by atoms with Gasteiger partial charge in [0.05, 0.1) is 6.04 Å². The van der Waals surface area contributed by atoms with Crippen molar-refractivity contribution in [3.05, 3.63) is 57.3 Å². The first-order chi connectivity index (χ1) is 8.22. The van der Waals surface area contributed by atoms with E-state index in [4.69, 9.17) is 0 Å². The Balaban J connectivity index is 2.35. The summed E-state index contributed by atoms with van der Waals surface area (Å²) in [4.78, 5) is 2.83. The summed E-state index contributed by atoms with van der Waals surface area (Å²) in [6.07, 6.45) is 0. The monoisotopic (exact) mass is 245 g/mol. The third-order valence-electron chi connectivity index (χ3n) is 3.01. The molecule has 0 bridgehead atoms. The van der Waals surface area contributed by atoms with Crippen LogP contribution in [0.25, 0.3) is 0 Å². The minimum Gasteiger partial charge on any atom is -0.306 e. The molecule has 2 aromatic rings. The lowest BCUT2D eigenvalue weighted by atomic mass is 10.0. The fourth-order valence-electron chi connectivity index (χ4n) is 1.98. The second-order valence-corrected chi connectivity index (χ2v) is 5.58. The largest absolute Gasteiger partial charge is 0.306 e. The van der Waals surface area contributed by atoms with Gasteiger partial charge in [0.2, 0.25) is 0 Å². The highest BCUT2D eigenvalue weighted by Gasteiger charge is 2.15. The fourth-order valence-corrected chi connectivity index (χ4v) is 3.12. The minimum absolute atomic E-state index is 0.332. The quantitative estimate of drug-likeness (QED) is 0.856. The molecule has 2 heteroatoms. The maximum atomic E-state index is 3.57. The first-order valence-corrected chi connectivity index (χ1v) is 6.89. The van der Waals surface area contributed by atoms with Crippen molar-refractivity contribution < 1.29 is 0 Å². The lowest BCUT2D eigenvalue weighted by molar-refractivity contribution is 0.639. The van der Waals surface area contributed by atoms with Crippen LogP contribution < -0.4 is 5.32 Å². The summed E-state index contributed by atoms with van der Waals surface area (Å²) in [6.45, 7) is 7.51. The van der Waals surface area contributed by atoms with Crippen molar-refractivity contribution >= 4 is 11.3 Å². The number of rotatable bonds is 4. The summed E-state index contributed by atoms with van der Waals surface area (Å²) >= 11 is 1.89. The summed E-state index contributed by atoms with van der Waals surface area (Å²) in [5.41, 5.74) is 2.74. The standard InChI is InChI=1S/C15H19NS/c1-4-16-15(13-8-6-5-7-9-13)14-10-11(2)12(3)17-14/h5-10,15-16H,4H2,1-3H3. The molecule has 1 aromatic carbocycles. The number of benzene rings is 1. The van der Waals surface area contributed by atoms with Gasteiger partial charge in [0.15, 0.2) is 0 Å². The maximum absolute atomic E-state index is 3.57. The predicted molar refractivity (Wildman–Crippen MR) is 75.8 cm³/mol. The van der Waals surface area contributed by atoms with E-state index in [-0.39, 0.29) is 0 Å². The molecule has 0 aliphatic carbocycles. The Morgan fingerprint density at radius 3 is 2.41 bits per heavy atom. The number of nitrogens with one attached hydrogen (secondary N) is 1. The fraction of sp³-hybridized carbons (Fsp3) is 0.333. The van der Waals surface area contributed by atoms with Crippen LogP contribution in [0.5, 0.6) is 0 Å². The van der Waals surface area contributed by atoms with Gasteiger partial charge in [0.25, 0.3) is 0 Å². The zero-order valence-electron chi connectivity index (χ0n) is 10.7. The molecule has 1 unspecified atom stereocenters. The first kappa shape index (κ1) is 12.3. The highest BCUT2D eigenvalue weighted by Crippen LogP contribution is 2.30. The Kier molecular flexibility index (Phi) is 3.97. The van der Waals surface area contributed by atoms with Gasteiger partial charge in [-0.3, -0.25) is 0 Å². The second-order valence-electron chi connectivity index (χ2n) is 4.29. The van der Waals surface area contributed by atoms with E-state index in [1.54, 1.807) is 0 Å². The van der Waals surface area contributed by atoms with E-state index in [0.29, 0.717) is 6.04 Å². The van der Waals surface area contributed by atoms with E-state index in [1.165, 1.54) is 20.9 Å². The first-order valence-electron chi connectivity index (χ1n) is 6.07. The van der Waals surface area contributed by atoms with Gasteiger partial charge < -0.3 is 5.32 Å². The molecule has 0 saturated carbocycles. The summed E-state index contributed by atoms with van der Waals surface area (Å²) in [6, 6.07) is 13.3. The number of hydrogen-bond acceptors (Lipinski definition) is 2. The highest BCUT2D eigenvalue weighted by molar-refractivity contribution is 7.12. The summed E-state index contributed by atoms with van der Waals surface area (Å²) in [7, 11) is 0. The summed E-state index contributed by atoms with van der Waals surface area (Å²) in [5.74, 6) is 0. The lowest BCUT2D eigenvalue weighted by Crippen LogP contribution is -2.20. The van der Waals surface area contributed by atoms with Crippen molar-refractivity contribution in [2.24, 2.45) is 0 Å². The summed E-state index contributed by atoms with van der Waals surface area (Å²) < 4.78 is 0. The van der Waals surface area contributed by atoms with Gasteiger partial charge in [-0.05, 0) is 37.6 Å². The molecular weight excluding hydrogens is 226 g/mol. The summed E-state index contributed by atoms with van der Waals surface area (Å²) in [5, 5.41) is 3.57. The molecule has 1 atom stereocenters. The smallest absolute Gasteiger partial charge is 0.0671 e. The van der Waals surface area contributed by atoms with Gasteiger partial charge >= 0.3 is 0 Å². The van der Waals surface area contributed by atoms with Crippen molar-refractivity contribution in [3.63, 3.8) is 0 Å². The Morgan fingerprint density at radius 1 is 1.18 bits per heavy atom. The lowest BCUT2D eigenvalue weighted by Gasteiger charge is -2.16. The highest BCUT2D eigenvalue weighted by atomic mass is 32.1. The Labute approximate surface area is 108 Å². The van der Waals surface area contributed by atoms with Gasteiger partial charge in [-0.1, -0.05) is 37.3 Å². The molecule has 1 N–H and O–H groups in total. The molecule has 0 radical (unpaired) electrons. The van der Waals surface area contributed by atoms with Crippen molar-refractivity contribution in [2.45, 2.75) is 26.8 Å². The number of aryl methyl sites for hydroxylation is 2. The minimum atomic E-state index is 0.332. The van der Waals surface area contributed by atoms with Gasteiger partial charge in [-0.25, -0.2) is 0 Å². The van der Waals surface area contributed by atoms with E-state index >= 15 is 0 Å². The van der Waals surface area contributed by atoms with Gasteiger partial charge in [-0.15, -0.1) is 11.3 Å². The van der Waals surface area contributed by atoms with Crippen LogP contribution in [0.3, 0.4) is 0 Å². The predicted octanol–water partition coefficient (Wildman–Crippen LogP) is 4.06. The zero-order chi connectivity index (χ0) is 12.3. The van der Waals surface area contributed by atoms with Crippen molar-refractivity contribution in [1.29, 1.82) is 0 Å². The topological polar surface area (TPSA) is 12.0 Å². The molecule has 1 nitrogen and oxygen atoms in total. The Morgan fingerprint density at radius 2 is 1.88 bits per heavy atom. The average Bonchev–Trinajstić information content (AvgIpc) is 2.67. The van der Waals surface area contributed by atoms with E-state index < -0.39 is 0 Å². The van der Waals surface area contributed by atoms with Crippen LogP contribution in [0.1, 0.15) is 33.8 Å². The third-order valence-corrected chi connectivity index (χ3v) is 4.23. The molecule has 0 fully saturated rings. The van der Waals surface area contributed by atoms with Crippen LogP contribution in [-0.2, 0) is 0 Å². The average molecular weight is 245 g/mol. The van der Waals surface area contributed by atoms with Crippen LogP contribution in [-0.4, -0.2) is 6.54 Å².